The van der Waals surface area contributed by atoms with Gasteiger partial charge in [-0.3, -0.25) is 14.4 Å². The SMILES string of the molecule is CCc1c(N2CCN(C(=O)c3ncnc(C)c3O)CC2)c(=O)n2nc(C3=CCOCC3)nc2n1CC(=O)NC1CC2(C1)CC2(F)F. The quantitative estimate of drug-likeness (QED) is 0.386. The molecule has 4 aliphatic rings. The number of aryl methyl sites for hydroxylation is 1. The fraction of sp³-hybridized carbons (Fsp3) is 0.567. The van der Waals surface area contributed by atoms with Crippen LogP contribution in [0.5, 0.6) is 5.75 Å². The van der Waals surface area contributed by atoms with E-state index in [1.807, 2.05) is 17.9 Å². The van der Waals surface area contributed by atoms with Crippen molar-refractivity contribution < 1.29 is 28.2 Å². The average Bonchev–Trinajstić information content (AvgIpc) is 3.36. The minimum absolute atomic E-state index is 0.0784. The highest BCUT2D eigenvalue weighted by atomic mass is 19.3. The lowest BCUT2D eigenvalue weighted by atomic mass is 9.76. The molecule has 0 unspecified atom stereocenters. The fourth-order valence-electron chi connectivity index (χ4n) is 6.93. The summed E-state index contributed by atoms with van der Waals surface area (Å²) in [5, 5.41) is 17.8. The van der Waals surface area contributed by atoms with E-state index >= 15 is 0 Å². The molecule has 244 valence electrons. The molecule has 2 aliphatic heterocycles. The van der Waals surface area contributed by atoms with Gasteiger partial charge in [-0.2, -0.15) is 9.50 Å². The number of alkyl halides is 2. The van der Waals surface area contributed by atoms with Gasteiger partial charge in [-0.15, -0.1) is 5.10 Å². The number of halogens is 2. The largest absolute Gasteiger partial charge is 0.504 e. The van der Waals surface area contributed by atoms with E-state index in [2.05, 4.69) is 20.4 Å². The molecule has 2 aliphatic carbocycles. The Morgan fingerprint density at radius 2 is 1.91 bits per heavy atom. The molecule has 2 N–H and O–H groups in total. The Balaban J connectivity index is 1.19. The van der Waals surface area contributed by atoms with Gasteiger partial charge in [0, 0.05) is 44.1 Å². The summed E-state index contributed by atoms with van der Waals surface area (Å²) < 4.78 is 35.8. The van der Waals surface area contributed by atoms with Gasteiger partial charge in [-0.1, -0.05) is 13.0 Å². The molecule has 3 aromatic rings. The van der Waals surface area contributed by atoms with Crippen LogP contribution in [-0.4, -0.2) is 102 Å². The number of piperazine rings is 1. The maximum Gasteiger partial charge on any atom is 0.299 e. The number of nitrogens with one attached hydrogen (secondary N) is 1. The lowest BCUT2D eigenvalue weighted by Crippen LogP contribution is -2.51. The molecular formula is C30H35F2N9O5. The Morgan fingerprint density at radius 1 is 1.17 bits per heavy atom. The first-order chi connectivity index (χ1) is 22.0. The van der Waals surface area contributed by atoms with Crippen molar-refractivity contribution in [1.82, 2.24) is 39.3 Å². The molecule has 0 bridgehead atoms. The number of anilines is 1. The first kappa shape index (κ1) is 30.2. The summed E-state index contributed by atoms with van der Waals surface area (Å²) in [6.45, 7) is 5.31. The first-order valence-electron chi connectivity index (χ1n) is 15.5. The number of aromatic hydroxyl groups is 1. The van der Waals surface area contributed by atoms with E-state index < -0.39 is 22.8 Å². The van der Waals surface area contributed by atoms with Gasteiger partial charge in [0.15, 0.2) is 17.3 Å². The number of carbonyl (C=O) groups is 2. The molecule has 0 aromatic carbocycles. The lowest BCUT2D eigenvalue weighted by molar-refractivity contribution is -0.124. The van der Waals surface area contributed by atoms with Crippen molar-refractivity contribution in [3.05, 3.63) is 45.7 Å². The molecule has 3 aromatic heterocycles. The molecule has 0 atom stereocenters. The zero-order valence-corrected chi connectivity index (χ0v) is 25.6. The summed E-state index contributed by atoms with van der Waals surface area (Å²) in [6, 6.07) is -0.328. The Hall–Kier alpha value is -4.47. The summed E-state index contributed by atoms with van der Waals surface area (Å²) in [7, 11) is 0. The minimum Gasteiger partial charge on any atom is -0.504 e. The lowest BCUT2D eigenvalue weighted by Gasteiger charge is -2.37. The van der Waals surface area contributed by atoms with Crippen LogP contribution in [0.2, 0.25) is 0 Å². The molecule has 3 fully saturated rings. The van der Waals surface area contributed by atoms with Gasteiger partial charge in [0.1, 0.15) is 18.6 Å². The molecule has 5 heterocycles. The molecular weight excluding hydrogens is 604 g/mol. The Morgan fingerprint density at radius 3 is 2.57 bits per heavy atom. The first-order valence-corrected chi connectivity index (χ1v) is 15.5. The van der Waals surface area contributed by atoms with Crippen LogP contribution in [0.4, 0.5) is 14.5 Å². The highest BCUT2D eigenvalue weighted by Crippen LogP contribution is 2.70. The Labute approximate surface area is 262 Å². The molecule has 7 rings (SSSR count). The van der Waals surface area contributed by atoms with Crippen LogP contribution >= 0.6 is 0 Å². The van der Waals surface area contributed by atoms with Crippen molar-refractivity contribution >= 4 is 28.9 Å². The van der Waals surface area contributed by atoms with E-state index in [1.54, 1.807) is 16.4 Å². The number of ether oxygens (including phenoxy) is 1. The fourth-order valence-corrected chi connectivity index (χ4v) is 6.93. The zero-order chi connectivity index (χ0) is 32.4. The third kappa shape index (κ3) is 4.98. The van der Waals surface area contributed by atoms with Gasteiger partial charge < -0.3 is 29.5 Å². The van der Waals surface area contributed by atoms with Gasteiger partial charge in [0.2, 0.25) is 11.7 Å². The number of aromatic nitrogens is 6. The second-order valence-corrected chi connectivity index (χ2v) is 12.5. The van der Waals surface area contributed by atoms with Crippen LogP contribution in [-0.2, 0) is 22.5 Å². The Bertz CT molecular complexity index is 1820. The molecule has 2 saturated carbocycles. The van der Waals surface area contributed by atoms with Crippen LogP contribution in [0.1, 0.15) is 60.3 Å². The van der Waals surface area contributed by atoms with Crippen molar-refractivity contribution in [2.45, 2.75) is 64.5 Å². The number of amides is 2. The third-order valence-corrected chi connectivity index (χ3v) is 9.65. The van der Waals surface area contributed by atoms with E-state index in [-0.39, 0.29) is 68.1 Å². The van der Waals surface area contributed by atoms with Crippen LogP contribution in [0, 0.1) is 12.3 Å². The van der Waals surface area contributed by atoms with Crippen LogP contribution in [0.15, 0.2) is 17.2 Å². The molecule has 1 spiro atoms. The standard InChI is InChI=1S/C30H35F2N9O5/c1-3-20-23(38-6-8-39(9-7-38)26(44)22-24(43)17(2)33-16-34-22)27(45)41-28(36-25(37-41)18-4-10-46-11-5-18)40(20)14-21(42)35-19-12-29(13-19)15-30(29,31)32/h4,16,19,43H,3,5-15H2,1-2H3,(H,35,42). The predicted octanol–water partition coefficient (Wildman–Crippen LogP) is 1.33. The molecule has 16 heteroatoms. The highest BCUT2D eigenvalue weighted by molar-refractivity contribution is 5.95. The number of rotatable bonds is 7. The zero-order valence-electron chi connectivity index (χ0n) is 25.6. The number of fused-ring (bicyclic) bond motifs is 1. The van der Waals surface area contributed by atoms with Crippen molar-refractivity contribution in [1.29, 1.82) is 0 Å². The number of nitrogens with zero attached hydrogens (tertiary/aromatic N) is 8. The maximum atomic E-state index is 14.1. The maximum absolute atomic E-state index is 14.1. The minimum atomic E-state index is -2.65. The van der Waals surface area contributed by atoms with E-state index in [0.29, 0.717) is 62.0 Å². The second kappa shape index (κ2) is 11.1. The summed E-state index contributed by atoms with van der Waals surface area (Å²) in [6.07, 6.45) is 4.43. The van der Waals surface area contributed by atoms with Gasteiger partial charge in [-0.25, -0.2) is 18.7 Å². The van der Waals surface area contributed by atoms with Gasteiger partial charge in [0.25, 0.3) is 17.4 Å². The highest BCUT2D eigenvalue weighted by Gasteiger charge is 2.75. The van der Waals surface area contributed by atoms with Crippen LogP contribution in [0.3, 0.4) is 0 Å². The van der Waals surface area contributed by atoms with E-state index in [0.717, 1.165) is 5.57 Å². The predicted molar refractivity (Wildman–Crippen MR) is 160 cm³/mol. The van der Waals surface area contributed by atoms with E-state index in [9.17, 15) is 28.3 Å². The van der Waals surface area contributed by atoms with Gasteiger partial charge in [0.05, 0.1) is 24.6 Å². The monoisotopic (exact) mass is 639 g/mol. The molecule has 0 radical (unpaired) electrons. The molecule has 2 amide bonds. The second-order valence-electron chi connectivity index (χ2n) is 12.5. The van der Waals surface area contributed by atoms with Crippen LogP contribution < -0.4 is 15.8 Å². The molecule has 1 saturated heterocycles. The van der Waals surface area contributed by atoms with Crippen molar-refractivity contribution in [2.75, 3.05) is 44.3 Å². The summed E-state index contributed by atoms with van der Waals surface area (Å²) in [4.78, 5) is 56.6. The number of carbonyl (C=O) groups excluding carboxylic acids is 2. The number of hydrogen-bond acceptors (Lipinski definition) is 10. The number of hydrogen-bond donors (Lipinski definition) is 2. The smallest absolute Gasteiger partial charge is 0.299 e. The topological polar surface area (TPSA) is 160 Å². The van der Waals surface area contributed by atoms with Gasteiger partial charge in [-0.05, 0) is 38.2 Å². The molecule has 46 heavy (non-hydrogen) atoms. The van der Waals surface area contributed by atoms with Crippen molar-refractivity contribution in [3.63, 3.8) is 0 Å². The normalized spacial score (nSPS) is 23.7. The van der Waals surface area contributed by atoms with Crippen LogP contribution in [0.25, 0.3) is 11.4 Å². The van der Waals surface area contributed by atoms with Crippen molar-refractivity contribution in [2.24, 2.45) is 5.41 Å². The van der Waals surface area contributed by atoms with Crippen molar-refractivity contribution in [3.8, 4) is 5.75 Å². The third-order valence-electron chi connectivity index (χ3n) is 9.65. The molecule has 14 nitrogen and oxygen atoms in total. The summed E-state index contributed by atoms with van der Waals surface area (Å²) >= 11 is 0. The summed E-state index contributed by atoms with van der Waals surface area (Å²) in [5.41, 5.74) is 0.633. The average molecular weight is 640 g/mol. The van der Waals surface area contributed by atoms with E-state index in [4.69, 9.17) is 9.72 Å². The summed E-state index contributed by atoms with van der Waals surface area (Å²) in [5.74, 6) is -3.12. The van der Waals surface area contributed by atoms with E-state index in [1.165, 1.54) is 10.8 Å². The van der Waals surface area contributed by atoms with Gasteiger partial charge >= 0.3 is 0 Å². The Kier molecular flexibility index (Phi) is 7.29.